The van der Waals surface area contributed by atoms with Crippen LogP contribution in [0.3, 0.4) is 0 Å². The van der Waals surface area contributed by atoms with Gasteiger partial charge < -0.3 is 10.2 Å². The standard InChI is InChI=1S/C19H30N4O5S2/c1-4-29(25,26)21-14-17-9-11-23(15-17)30(27,28)18-7-5-16(6-8-18)13-19(24)20-10-12-22(2)3/h4-8,17,21H,1,9-15H2,2-3H3,(H,20,24)/t17-/m1/s1. The second-order valence-corrected chi connectivity index (χ2v) is 11.2. The molecule has 0 unspecified atom stereocenters. The van der Waals surface area contributed by atoms with Crippen molar-refractivity contribution in [3.05, 3.63) is 41.8 Å². The molecule has 1 aromatic rings. The molecule has 1 saturated heterocycles. The zero-order valence-electron chi connectivity index (χ0n) is 17.4. The maximum absolute atomic E-state index is 12.9. The van der Waals surface area contributed by atoms with E-state index in [9.17, 15) is 21.6 Å². The van der Waals surface area contributed by atoms with Gasteiger partial charge in [0.05, 0.1) is 11.3 Å². The first-order valence-electron chi connectivity index (χ1n) is 9.66. The van der Waals surface area contributed by atoms with Gasteiger partial charge in [-0.25, -0.2) is 21.6 Å². The molecule has 0 aromatic heterocycles. The Balaban J connectivity index is 1.92. The zero-order valence-corrected chi connectivity index (χ0v) is 19.0. The van der Waals surface area contributed by atoms with Crippen LogP contribution in [-0.4, -0.2) is 78.8 Å². The first kappa shape index (κ1) is 24.5. The van der Waals surface area contributed by atoms with Crippen LogP contribution in [0.15, 0.2) is 41.1 Å². The molecule has 1 aromatic carbocycles. The highest BCUT2D eigenvalue weighted by atomic mass is 32.2. The minimum absolute atomic E-state index is 0.0976. The molecule has 1 heterocycles. The average Bonchev–Trinajstić information content (AvgIpc) is 3.17. The first-order chi connectivity index (χ1) is 14.0. The number of nitrogens with one attached hydrogen (secondary N) is 2. The fourth-order valence-electron chi connectivity index (χ4n) is 3.07. The number of sulfonamides is 2. The van der Waals surface area contributed by atoms with Crippen LogP contribution in [0.1, 0.15) is 12.0 Å². The van der Waals surface area contributed by atoms with E-state index in [1.807, 2.05) is 19.0 Å². The Kier molecular flexibility index (Phi) is 8.56. The van der Waals surface area contributed by atoms with Gasteiger partial charge in [0.1, 0.15) is 0 Å². The van der Waals surface area contributed by atoms with Gasteiger partial charge in [-0.1, -0.05) is 18.7 Å². The molecule has 0 saturated carbocycles. The van der Waals surface area contributed by atoms with Crippen LogP contribution < -0.4 is 10.0 Å². The monoisotopic (exact) mass is 458 g/mol. The summed E-state index contributed by atoms with van der Waals surface area (Å²) in [6.45, 7) is 5.28. The van der Waals surface area contributed by atoms with Crippen LogP contribution in [0.2, 0.25) is 0 Å². The largest absolute Gasteiger partial charge is 0.355 e. The van der Waals surface area contributed by atoms with E-state index in [4.69, 9.17) is 0 Å². The van der Waals surface area contributed by atoms with Gasteiger partial charge in [-0.2, -0.15) is 4.31 Å². The van der Waals surface area contributed by atoms with E-state index in [0.717, 1.165) is 17.5 Å². The van der Waals surface area contributed by atoms with Crippen LogP contribution in [0.5, 0.6) is 0 Å². The normalized spacial score (nSPS) is 17.9. The summed E-state index contributed by atoms with van der Waals surface area (Å²) in [5.74, 6) is -0.212. The lowest BCUT2D eigenvalue weighted by molar-refractivity contribution is -0.120. The van der Waals surface area contributed by atoms with Crippen LogP contribution >= 0.6 is 0 Å². The molecule has 0 aliphatic carbocycles. The number of likely N-dealkylation sites (N-methyl/N-ethyl adjacent to an activating group) is 1. The molecule has 2 N–H and O–H groups in total. The summed E-state index contributed by atoms with van der Waals surface area (Å²) in [7, 11) is -3.35. The van der Waals surface area contributed by atoms with Gasteiger partial charge >= 0.3 is 0 Å². The van der Waals surface area contributed by atoms with E-state index >= 15 is 0 Å². The van der Waals surface area contributed by atoms with Gasteiger partial charge in [0.2, 0.25) is 26.0 Å². The van der Waals surface area contributed by atoms with Crippen molar-refractivity contribution in [2.45, 2.75) is 17.7 Å². The maximum atomic E-state index is 12.9. The SMILES string of the molecule is C=CS(=O)(=O)NC[C@H]1CCN(S(=O)(=O)c2ccc(CC(=O)NCCN(C)C)cc2)C1. The van der Waals surface area contributed by atoms with E-state index in [-0.39, 0.29) is 36.2 Å². The number of hydrogen-bond donors (Lipinski definition) is 2. The number of carbonyl (C=O) groups is 1. The lowest BCUT2D eigenvalue weighted by Crippen LogP contribution is -2.32. The second-order valence-electron chi connectivity index (χ2n) is 7.55. The molecule has 1 atom stereocenters. The number of carbonyl (C=O) groups excluding carboxylic acids is 1. The van der Waals surface area contributed by atoms with Crippen molar-refractivity contribution in [1.29, 1.82) is 0 Å². The molecule has 1 aliphatic rings. The smallest absolute Gasteiger partial charge is 0.243 e. The number of hydrogen-bond acceptors (Lipinski definition) is 6. The molecule has 11 heteroatoms. The van der Waals surface area contributed by atoms with Gasteiger partial charge in [0.25, 0.3) is 0 Å². The minimum Gasteiger partial charge on any atom is -0.355 e. The number of amides is 1. The molecule has 9 nitrogen and oxygen atoms in total. The zero-order chi connectivity index (χ0) is 22.4. The van der Waals surface area contributed by atoms with E-state index in [2.05, 4.69) is 16.6 Å². The highest BCUT2D eigenvalue weighted by molar-refractivity contribution is 7.92. The van der Waals surface area contributed by atoms with E-state index in [0.29, 0.717) is 19.5 Å². The van der Waals surface area contributed by atoms with Crippen molar-refractivity contribution in [2.75, 3.05) is 46.8 Å². The second kappa shape index (κ2) is 10.5. The summed E-state index contributed by atoms with van der Waals surface area (Å²) >= 11 is 0. The minimum atomic E-state index is -3.67. The molecule has 0 radical (unpaired) electrons. The Morgan fingerprint density at radius 3 is 2.50 bits per heavy atom. The topological polar surface area (TPSA) is 116 Å². The fourth-order valence-corrected chi connectivity index (χ4v) is 5.19. The Morgan fingerprint density at radius 2 is 1.90 bits per heavy atom. The first-order valence-corrected chi connectivity index (χ1v) is 12.6. The summed E-state index contributed by atoms with van der Waals surface area (Å²) < 4.78 is 52.4. The summed E-state index contributed by atoms with van der Waals surface area (Å²) in [5.41, 5.74) is 0.731. The highest BCUT2D eigenvalue weighted by Crippen LogP contribution is 2.24. The summed E-state index contributed by atoms with van der Waals surface area (Å²) in [4.78, 5) is 14.1. The van der Waals surface area contributed by atoms with Gasteiger partial charge in [0, 0.05) is 38.1 Å². The van der Waals surface area contributed by atoms with Crippen molar-refractivity contribution in [2.24, 2.45) is 5.92 Å². The van der Waals surface area contributed by atoms with Crippen molar-refractivity contribution in [1.82, 2.24) is 19.2 Å². The predicted octanol–water partition coefficient (Wildman–Crippen LogP) is -0.0196. The number of benzene rings is 1. The Bertz CT molecular complexity index is 944. The predicted molar refractivity (Wildman–Crippen MR) is 116 cm³/mol. The van der Waals surface area contributed by atoms with Crippen LogP contribution in [0.4, 0.5) is 0 Å². The fraction of sp³-hybridized carbons (Fsp3) is 0.526. The summed E-state index contributed by atoms with van der Waals surface area (Å²) in [6, 6.07) is 6.30. The molecule has 1 fully saturated rings. The summed E-state index contributed by atoms with van der Waals surface area (Å²) in [6.07, 6.45) is 0.757. The molecule has 168 valence electrons. The van der Waals surface area contributed by atoms with Crippen molar-refractivity contribution >= 4 is 26.0 Å². The van der Waals surface area contributed by atoms with Crippen LogP contribution in [0.25, 0.3) is 0 Å². The molecule has 1 amide bonds. The quantitative estimate of drug-likeness (QED) is 0.482. The third-order valence-electron chi connectivity index (χ3n) is 4.85. The molecule has 1 aliphatic heterocycles. The van der Waals surface area contributed by atoms with Gasteiger partial charge in [0.15, 0.2) is 0 Å². The van der Waals surface area contributed by atoms with Gasteiger partial charge in [-0.15, -0.1) is 0 Å². The van der Waals surface area contributed by atoms with Crippen molar-refractivity contribution < 1.29 is 21.6 Å². The van der Waals surface area contributed by atoms with Crippen LogP contribution in [-0.2, 0) is 31.3 Å². The van der Waals surface area contributed by atoms with E-state index in [1.54, 1.807) is 12.1 Å². The Morgan fingerprint density at radius 1 is 1.23 bits per heavy atom. The third-order valence-corrected chi connectivity index (χ3v) is 7.74. The molecule has 0 bridgehead atoms. The lowest BCUT2D eigenvalue weighted by atomic mass is 10.1. The summed E-state index contributed by atoms with van der Waals surface area (Å²) in [5, 5.41) is 3.66. The molecular weight excluding hydrogens is 428 g/mol. The highest BCUT2D eigenvalue weighted by Gasteiger charge is 2.32. The Hall–Kier alpha value is -1.79. The average molecular weight is 459 g/mol. The maximum Gasteiger partial charge on any atom is 0.243 e. The Labute approximate surface area is 179 Å². The van der Waals surface area contributed by atoms with E-state index < -0.39 is 20.0 Å². The lowest BCUT2D eigenvalue weighted by Gasteiger charge is -2.17. The molecule has 30 heavy (non-hydrogen) atoms. The number of nitrogens with zero attached hydrogens (tertiary/aromatic N) is 2. The molecule has 2 rings (SSSR count). The molecular formula is C19H30N4O5S2. The van der Waals surface area contributed by atoms with Gasteiger partial charge in [-0.3, -0.25) is 4.79 Å². The van der Waals surface area contributed by atoms with Gasteiger partial charge in [-0.05, 0) is 44.1 Å². The van der Waals surface area contributed by atoms with E-state index in [1.165, 1.54) is 16.4 Å². The molecule has 0 spiro atoms. The van der Waals surface area contributed by atoms with Crippen LogP contribution in [0, 0.1) is 5.92 Å². The van der Waals surface area contributed by atoms with Crippen molar-refractivity contribution in [3.63, 3.8) is 0 Å². The number of rotatable bonds is 11. The third kappa shape index (κ3) is 7.17. The van der Waals surface area contributed by atoms with Crippen molar-refractivity contribution in [3.8, 4) is 0 Å².